The van der Waals surface area contributed by atoms with E-state index in [-0.39, 0.29) is 0 Å². The molecule has 0 aliphatic carbocycles. The summed E-state index contributed by atoms with van der Waals surface area (Å²) in [5, 5.41) is 2.18. The van der Waals surface area contributed by atoms with Crippen LogP contribution in [-0.2, 0) is 0 Å². The predicted molar refractivity (Wildman–Crippen MR) is 66.6 cm³/mol. The first-order valence-corrected chi connectivity index (χ1v) is 6.35. The minimum absolute atomic E-state index is 0.296. The third kappa shape index (κ3) is 2.90. The molecule has 2 atom stereocenters. The van der Waals surface area contributed by atoms with Gasteiger partial charge in [-0.25, -0.2) is 0 Å². The molecule has 1 aromatic rings. The van der Waals surface area contributed by atoms with E-state index in [1.165, 1.54) is 8.45 Å². The van der Waals surface area contributed by atoms with Gasteiger partial charge in [0.05, 0.1) is 2.88 Å². The van der Waals surface area contributed by atoms with Gasteiger partial charge < -0.3 is 0 Å². The summed E-state index contributed by atoms with van der Waals surface area (Å²) < 4.78 is 1.32. The summed E-state index contributed by atoms with van der Waals surface area (Å²) >= 11 is 4.10. The average Bonchev–Trinajstić information content (AvgIpc) is 2.53. The van der Waals surface area contributed by atoms with Crippen LogP contribution in [0.3, 0.4) is 0 Å². The standard InChI is InChI=1S/C9H15IN2S/c1-3-6(2)9(12-11)7-4-8(10)13-5-7/h4-6,9,12H,3,11H2,1-2H3. The lowest BCUT2D eigenvalue weighted by molar-refractivity contribution is 0.383. The van der Waals surface area contributed by atoms with Gasteiger partial charge in [0, 0.05) is 6.04 Å². The average molecular weight is 310 g/mol. The van der Waals surface area contributed by atoms with E-state index in [9.17, 15) is 0 Å². The quantitative estimate of drug-likeness (QED) is 0.510. The molecular formula is C9H15IN2S. The molecule has 0 amide bonds. The van der Waals surface area contributed by atoms with Gasteiger partial charge >= 0.3 is 0 Å². The Hall–Kier alpha value is 0.350. The molecule has 0 fully saturated rings. The zero-order chi connectivity index (χ0) is 9.84. The lowest BCUT2D eigenvalue weighted by Crippen LogP contribution is -2.32. The largest absolute Gasteiger partial charge is 0.271 e. The summed E-state index contributed by atoms with van der Waals surface area (Å²) in [6, 6.07) is 2.49. The van der Waals surface area contributed by atoms with Crippen LogP contribution in [-0.4, -0.2) is 0 Å². The van der Waals surface area contributed by atoms with Gasteiger partial charge in [-0.3, -0.25) is 11.3 Å². The lowest BCUT2D eigenvalue weighted by Gasteiger charge is -2.20. The Balaban J connectivity index is 2.77. The van der Waals surface area contributed by atoms with Crippen molar-refractivity contribution in [2.75, 3.05) is 0 Å². The van der Waals surface area contributed by atoms with Crippen LogP contribution >= 0.6 is 33.9 Å². The Labute approximate surface area is 97.0 Å². The van der Waals surface area contributed by atoms with Crippen LogP contribution in [0.5, 0.6) is 0 Å². The SMILES string of the molecule is CCC(C)C(NN)c1csc(I)c1. The monoisotopic (exact) mass is 310 g/mol. The second-order valence-corrected chi connectivity index (χ2v) is 6.02. The van der Waals surface area contributed by atoms with Crippen LogP contribution in [0.1, 0.15) is 31.9 Å². The van der Waals surface area contributed by atoms with Crippen LogP contribution in [0.4, 0.5) is 0 Å². The normalized spacial score (nSPS) is 15.7. The number of hydrazine groups is 1. The van der Waals surface area contributed by atoms with Crippen LogP contribution in [0.15, 0.2) is 11.4 Å². The molecule has 2 unspecified atom stereocenters. The second kappa shape index (κ2) is 5.29. The van der Waals surface area contributed by atoms with Crippen molar-refractivity contribution >= 4 is 33.9 Å². The highest BCUT2D eigenvalue weighted by molar-refractivity contribution is 14.1. The van der Waals surface area contributed by atoms with E-state index < -0.39 is 0 Å². The van der Waals surface area contributed by atoms with Gasteiger partial charge in [-0.2, -0.15) is 0 Å². The van der Waals surface area contributed by atoms with E-state index in [1.54, 1.807) is 11.3 Å². The number of nitrogens with one attached hydrogen (secondary N) is 1. The van der Waals surface area contributed by atoms with E-state index in [4.69, 9.17) is 5.84 Å². The maximum Gasteiger partial charge on any atom is 0.0656 e. The zero-order valence-corrected chi connectivity index (χ0v) is 10.9. The fraction of sp³-hybridized carbons (Fsp3) is 0.556. The first-order valence-electron chi connectivity index (χ1n) is 4.39. The molecule has 1 heterocycles. The molecule has 0 spiro atoms. The van der Waals surface area contributed by atoms with E-state index in [0.29, 0.717) is 12.0 Å². The number of hydrogen-bond acceptors (Lipinski definition) is 3. The molecule has 3 N–H and O–H groups in total. The van der Waals surface area contributed by atoms with Crippen molar-refractivity contribution in [3.63, 3.8) is 0 Å². The molecule has 1 rings (SSSR count). The topological polar surface area (TPSA) is 38.0 Å². The number of nitrogens with two attached hydrogens (primary N) is 1. The Kier molecular flexibility index (Phi) is 4.64. The number of hydrogen-bond donors (Lipinski definition) is 2. The molecule has 74 valence electrons. The van der Waals surface area contributed by atoms with Crippen molar-refractivity contribution < 1.29 is 0 Å². The highest BCUT2D eigenvalue weighted by atomic mass is 127. The Morgan fingerprint density at radius 1 is 1.69 bits per heavy atom. The van der Waals surface area contributed by atoms with Crippen molar-refractivity contribution in [2.24, 2.45) is 11.8 Å². The summed E-state index contributed by atoms with van der Waals surface area (Å²) in [5.74, 6) is 6.12. The van der Waals surface area contributed by atoms with Gasteiger partial charge in [0.15, 0.2) is 0 Å². The highest BCUT2D eigenvalue weighted by Gasteiger charge is 2.17. The van der Waals surface area contributed by atoms with Gasteiger partial charge in [-0.05, 0) is 45.5 Å². The summed E-state index contributed by atoms with van der Waals surface area (Å²) in [4.78, 5) is 0. The Bertz CT molecular complexity index is 262. The number of thiophene rings is 1. The predicted octanol–water partition coefficient (Wildman–Crippen LogP) is 2.90. The first-order chi connectivity index (χ1) is 6.19. The molecule has 2 nitrogen and oxygen atoms in total. The van der Waals surface area contributed by atoms with Crippen molar-refractivity contribution in [1.82, 2.24) is 5.43 Å². The summed E-state index contributed by atoms with van der Waals surface area (Å²) in [7, 11) is 0. The van der Waals surface area contributed by atoms with Crippen LogP contribution < -0.4 is 11.3 Å². The molecule has 0 saturated heterocycles. The Morgan fingerprint density at radius 2 is 2.38 bits per heavy atom. The molecule has 4 heteroatoms. The van der Waals surface area contributed by atoms with Gasteiger partial charge in [0.2, 0.25) is 0 Å². The third-order valence-electron chi connectivity index (χ3n) is 2.34. The van der Waals surface area contributed by atoms with Gasteiger partial charge in [-0.1, -0.05) is 20.3 Å². The third-order valence-corrected chi connectivity index (χ3v) is 4.15. The van der Waals surface area contributed by atoms with Crippen LogP contribution in [0.25, 0.3) is 0 Å². The minimum atomic E-state index is 0.296. The van der Waals surface area contributed by atoms with Crippen LogP contribution in [0.2, 0.25) is 0 Å². The molecule has 0 saturated carbocycles. The van der Waals surface area contributed by atoms with Crippen molar-refractivity contribution in [3.05, 3.63) is 19.9 Å². The number of halogens is 1. The van der Waals surface area contributed by atoms with Crippen LogP contribution in [0, 0.1) is 8.80 Å². The highest BCUT2D eigenvalue weighted by Crippen LogP contribution is 2.28. The molecule has 0 aromatic carbocycles. The zero-order valence-electron chi connectivity index (χ0n) is 7.88. The molecule has 13 heavy (non-hydrogen) atoms. The molecule has 0 bridgehead atoms. The minimum Gasteiger partial charge on any atom is -0.271 e. The maximum atomic E-state index is 5.54. The molecule has 0 radical (unpaired) electrons. The van der Waals surface area contributed by atoms with Gasteiger partial charge in [-0.15, -0.1) is 11.3 Å². The molecule has 0 aliphatic heterocycles. The summed E-state index contributed by atoms with van der Waals surface area (Å²) in [5.41, 5.74) is 4.20. The van der Waals surface area contributed by atoms with E-state index >= 15 is 0 Å². The van der Waals surface area contributed by atoms with E-state index in [2.05, 4.69) is 53.3 Å². The summed E-state index contributed by atoms with van der Waals surface area (Å²) in [6.45, 7) is 4.40. The molecule has 0 aliphatic rings. The van der Waals surface area contributed by atoms with Crippen molar-refractivity contribution in [1.29, 1.82) is 0 Å². The second-order valence-electron chi connectivity index (χ2n) is 3.21. The molecule has 1 aromatic heterocycles. The van der Waals surface area contributed by atoms with E-state index in [1.807, 2.05) is 0 Å². The summed E-state index contributed by atoms with van der Waals surface area (Å²) in [6.07, 6.45) is 1.14. The Morgan fingerprint density at radius 3 is 2.77 bits per heavy atom. The molecular weight excluding hydrogens is 295 g/mol. The van der Waals surface area contributed by atoms with Gasteiger partial charge in [0.1, 0.15) is 0 Å². The van der Waals surface area contributed by atoms with Crippen molar-refractivity contribution in [3.8, 4) is 0 Å². The van der Waals surface area contributed by atoms with Gasteiger partial charge in [0.25, 0.3) is 0 Å². The lowest BCUT2D eigenvalue weighted by atomic mass is 9.95. The van der Waals surface area contributed by atoms with Crippen molar-refractivity contribution in [2.45, 2.75) is 26.3 Å². The first kappa shape index (κ1) is 11.4. The smallest absolute Gasteiger partial charge is 0.0656 e. The number of rotatable bonds is 4. The maximum absolute atomic E-state index is 5.54. The van der Waals surface area contributed by atoms with E-state index in [0.717, 1.165) is 6.42 Å². The fourth-order valence-corrected chi connectivity index (χ4v) is 2.72. The fourth-order valence-electron chi connectivity index (χ4n) is 1.31.